The number of carbonyl (C=O) groups excluding carboxylic acids is 2. The highest BCUT2D eigenvalue weighted by Crippen LogP contribution is 2.43. The number of nitrogens with zero attached hydrogens (tertiary/aromatic N) is 1. The molecule has 0 aliphatic carbocycles. The number of allylic oxidation sites excluding steroid dienone is 15. The first-order chi connectivity index (χ1) is 39.4. The Morgan fingerprint density at radius 3 is 1.20 bits per heavy atom. The van der Waals surface area contributed by atoms with E-state index in [1.54, 1.807) is 0 Å². The van der Waals surface area contributed by atoms with Crippen LogP contribution in [-0.4, -0.2) is 74.3 Å². The van der Waals surface area contributed by atoms with Gasteiger partial charge < -0.3 is 19.4 Å². The molecular formula is C71H128N2O7P+. The monoisotopic (exact) mass is 1150 g/mol. The van der Waals surface area contributed by atoms with Crippen molar-refractivity contribution in [2.24, 2.45) is 0 Å². The molecule has 0 saturated carbocycles. The first-order valence-corrected chi connectivity index (χ1v) is 35.1. The molecule has 1 amide bonds. The molecule has 0 heterocycles. The zero-order chi connectivity index (χ0) is 59.3. The predicted octanol–water partition coefficient (Wildman–Crippen LogP) is 21.1. The summed E-state index contributed by atoms with van der Waals surface area (Å²) in [5, 5.41) is 3.06. The number of nitrogens with one attached hydrogen (secondary N) is 1. The van der Waals surface area contributed by atoms with Crippen LogP contribution in [0.1, 0.15) is 290 Å². The predicted molar refractivity (Wildman–Crippen MR) is 350 cm³/mol. The van der Waals surface area contributed by atoms with E-state index in [9.17, 15) is 19.0 Å². The number of hydrogen-bond donors (Lipinski definition) is 2. The molecule has 0 fully saturated rings. The van der Waals surface area contributed by atoms with Gasteiger partial charge in [-0.05, 0) is 109 Å². The van der Waals surface area contributed by atoms with Gasteiger partial charge in [-0.2, -0.15) is 0 Å². The third kappa shape index (κ3) is 61.3. The van der Waals surface area contributed by atoms with Crippen LogP contribution < -0.4 is 5.32 Å². The van der Waals surface area contributed by atoms with Crippen LogP contribution >= 0.6 is 7.82 Å². The van der Waals surface area contributed by atoms with Crippen LogP contribution in [0.4, 0.5) is 0 Å². The lowest BCUT2D eigenvalue weighted by Gasteiger charge is -2.27. The van der Waals surface area contributed by atoms with Crippen molar-refractivity contribution in [1.29, 1.82) is 0 Å². The number of likely N-dealkylation sites (N-methyl/N-ethyl adjacent to an activating group) is 1. The number of unbranched alkanes of at least 4 members (excludes halogenated alkanes) is 30. The molecule has 2 N–H and O–H groups in total. The molecule has 0 rings (SSSR count). The molecule has 0 aromatic carbocycles. The van der Waals surface area contributed by atoms with Crippen LogP contribution in [0, 0.1) is 0 Å². The van der Waals surface area contributed by atoms with Crippen molar-refractivity contribution < 1.29 is 37.3 Å². The average Bonchev–Trinajstić information content (AvgIpc) is 3.44. The van der Waals surface area contributed by atoms with Crippen molar-refractivity contribution in [2.45, 2.75) is 303 Å². The van der Waals surface area contributed by atoms with E-state index in [0.29, 0.717) is 17.4 Å². The van der Waals surface area contributed by atoms with E-state index in [-0.39, 0.29) is 31.5 Å². The first kappa shape index (κ1) is 77.9. The fourth-order valence-corrected chi connectivity index (χ4v) is 10.1. The first-order valence-electron chi connectivity index (χ1n) is 33.6. The van der Waals surface area contributed by atoms with Crippen LogP contribution in [0.15, 0.2) is 97.2 Å². The maximum atomic E-state index is 13.6. The Morgan fingerprint density at radius 2 is 0.790 bits per heavy atom. The zero-order valence-corrected chi connectivity index (χ0v) is 54.4. The van der Waals surface area contributed by atoms with E-state index in [0.717, 1.165) is 135 Å². The summed E-state index contributed by atoms with van der Waals surface area (Å²) in [5.74, 6) is -0.525. The molecule has 0 spiro atoms. The van der Waals surface area contributed by atoms with Gasteiger partial charge in [0.25, 0.3) is 0 Å². The molecule has 0 radical (unpaired) electrons. The molecule has 9 nitrogen and oxygen atoms in total. The van der Waals surface area contributed by atoms with Gasteiger partial charge in [0, 0.05) is 12.8 Å². The summed E-state index contributed by atoms with van der Waals surface area (Å²) in [6.45, 7) is 6.89. The number of esters is 1. The number of quaternary nitrogens is 1. The second-order valence-electron chi connectivity index (χ2n) is 23.6. The number of hydrogen-bond acceptors (Lipinski definition) is 6. The SMILES string of the molecule is CC/C=C\C/C=C\C/C=C\C/C=C\C/C=C\C/C=C\CCCCCCCCC(=O)NC(COP(=O)(O)OCC[N+](C)(C)C)C(/C=C\CCCCCCCCCCCCC)OC(=O)CCCCCCCCC/C=C/CCCCCCCC. The van der Waals surface area contributed by atoms with Crippen LogP contribution in [0.2, 0.25) is 0 Å². The molecule has 0 aliphatic rings. The van der Waals surface area contributed by atoms with Crippen LogP contribution in [0.3, 0.4) is 0 Å². The fraction of sp³-hybridized carbons (Fsp3) is 0.746. The van der Waals surface area contributed by atoms with E-state index in [1.807, 2.05) is 33.3 Å². The lowest BCUT2D eigenvalue weighted by molar-refractivity contribution is -0.870. The van der Waals surface area contributed by atoms with Crippen molar-refractivity contribution in [3.63, 3.8) is 0 Å². The Hall–Kier alpha value is -3.07. The highest BCUT2D eigenvalue weighted by Gasteiger charge is 2.30. The Labute approximate surface area is 500 Å². The summed E-state index contributed by atoms with van der Waals surface area (Å²) in [6.07, 6.45) is 81.2. The van der Waals surface area contributed by atoms with Gasteiger partial charge in [0.2, 0.25) is 5.91 Å². The number of carbonyl (C=O) groups is 2. The number of phosphoric ester groups is 1. The van der Waals surface area contributed by atoms with Crippen molar-refractivity contribution in [1.82, 2.24) is 5.32 Å². The molecule has 3 unspecified atom stereocenters. The van der Waals surface area contributed by atoms with E-state index in [2.05, 4.69) is 111 Å². The third-order valence-corrected chi connectivity index (χ3v) is 15.5. The van der Waals surface area contributed by atoms with E-state index < -0.39 is 20.0 Å². The summed E-state index contributed by atoms with van der Waals surface area (Å²) in [4.78, 5) is 37.8. The lowest BCUT2D eigenvalue weighted by atomic mass is 10.0. The second-order valence-corrected chi connectivity index (χ2v) is 25.1. The summed E-state index contributed by atoms with van der Waals surface area (Å²) in [5.41, 5.74) is 0. The standard InChI is InChI=1S/C71H127N2O7P/c1-7-10-13-16-19-22-25-28-30-32-33-34-35-36-37-38-39-41-42-45-48-51-54-57-60-63-70(74)72-68(67-79-81(76,77)78-66-65-73(4,5)6)69(62-59-56-53-50-47-44-27-24-21-18-15-12-9-3)80-71(75)64-61-58-55-52-49-46-43-40-31-29-26-23-20-17-14-11-8-2/h10,13,19,22,28-31,33-34,36-37,39,41,59,62,68-69H,7-9,11-12,14-18,20-21,23-27,32,35,38,40,42-58,60-61,63-67H2,1-6H3,(H-,72,74,76,77)/p+1/b13-10-,22-19-,30-28-,31-29+,34-33-,37-36-,41-39-,62-59-. The largest absolute Gasteiger partial charge is 0.472 e. The fourth-order valence-electron chi connectivity index (χ4n) is 9.35. The number of phosphoric acid groups is 1. The summed E-state index contributed by atoms with van der Waals surface area (Å²) < 4.78 is 30.8. The molecule has 0 aromatic heterocycles. The molecule has 10 heteroatoms. The average molecular weight is 1150 g/mol. The van der Waals surface area contributed by atoms with Crippen LogP contribution in [0.25, 0.3) is 0 Å². The smallest absolute Gasteiger partial charge is 0.456 e. The topological polar surface area (TPSA) is 111 Å². The highest BCUT2D eigenvalue weighted by atomic mass is 31.2. The van der Waals surface area contributed by atoms with Gasteiger partial charge in [0.1, 0.15) is 19.3 Å². The van der Waals surface area contributed by atoms with Gasteiger partial charge in [-0.3, -0.25) is 18.6 Å². The molecule has 0 aromatic rings. The minimum atomic E-state index is -4.46. The van der Waals surface area contributed by atoms with E-state index in [1.165, 1.54) is 122 Å². The van der Waals surface area contributed by atoms with Gasteiger partial charge in [0.15, 0.2) is 0 Å². The maximum absolute atomic E-state index is 13.6. The number of rotatable bonds is 60. The molecule has 81 heavy (non-hydrogen) atoms. The Balaban J connectivity index is 5.22. The summed E-state index contributed by atoms with van der Waals surface area (Å²) in [7, 11) is 1.48. The zero-order valence-electron chi connectivity index (χ0n) is 53.5. The summed E-state index contributed by atoms with van der Waals surface area (Å²) >= 11 is 0. The van der Waals surface area contributed by atoms with Gasteiger partial charge in [0.05, 0.1) is 33.8 Å². The molecular weight excluding hydrogens is 1020 g/mol. The maximum Gasteiger partial charge on any atom is 0.472 e. The Morgan fingerprint density at radius 1 is 0.444 bits per heavy atom. The molecule has 0 saturated heterocycles. The van der Waals surface area contributed by atoms with E-state index in [4.69, 9.17) is 13.8 Å². The van der Waals surface area contributed by atoms with E-state index >= 15 is 0 Å². The minimum Gasteiger partial charge on any atom is -0.456 e. The van der Waals surface area contributed by atoms with Crippen molar-refractivity contribution >= 4 is 19.7 Å². The third-order valence-electron chi connectivity index (χ3n) is 14.5. The van der Waals surface area contributed by atoms with Crippen LogP contribution in [0.5, 0.6) is 0 Å². The van der Waals surface area contributed by atoms with Crippen molar-refractivity contribution in [3.05, 3.63) is 97.2 Å². The van der Waals surface area contributed by atoms with Gasteiger partial charge in [-0.1, -0.05) is 266 Å². The van der Waals surface area contributed by atoms with Crippen molar-refractivity contribution in [2.75, 3.05) is 40.9 Å². The molecule has 0 bridgehead atoms. The van der Waals surface area contributed by atoms with Gasteiger partial charge >= 0.3 is 13.8 Å². The number of amides is 1. The molecule has 468 valence electrons. The normalized spacial score (nSPS) is 14.2. The van der Waals surface area contributed by atoms with Gasteiger partial charge in [-0.25, -0.2) is 4.57 Å². The van der Waals surface area contributed by atoms with Crippen LogP contribution in [-0.2, 0) is 27.9 Å². The quantitative estimate of drug-likeness (QED) is 0.0205. The minimum absolute atomic E-state index is 0.0325. The van der Waals surface area contributed by atoms with Gasteiger partial charge in [-0.15, -0.1) is 0 Å². The molecule has 3 atom stereocenters. The Kier molecular flexibility index (Phi) is 57.8. The summed E-state index contributed by atoms with van der Waals surface area (Å²) in [6, 6.07) is -0.864. The number of ether oxygens (including phenoxy) is 1. The Bertz CT molecular complexity index is 1710. The second kappa shape index (κ2) is 60.1. The lowest BCUT2D eigenvalue weighted by Crippen LogP contribution is -2.47. The van der Waals surface area contributed by atoms with Crippen molar-refractivity contribution in [3.8, 4) is 0 Å². The molecule has 0 aliphatic heterocycles. The highest BCUT2D eigenvalue weighted by molar-refractivity contribution is 7.47.